The van der Waals surface area contributed by atoms with E-state index < -0.39 is 11.6 Å². The van der Waals surface area contributed by atoms with E-state index in [4.69, 9.17) is 16.7 Å². The molecule has 0 saturated carbocycles. The molecule has 0 radical (unpaired) electrons. The fourth-order valence-corrected chi connectivity index (χ4v) is 4.83. The van der Waals surface area contributed by atoms with Crippen LogP contribution in [0.1, 0.15) is 37.6 Å². The Morgan fingerprint density at radius 2 is 1.71 bits per heavy atom. The summed E-state index contributed by atoms with van der Waals surface area (Å²) in [6.45, 7) is 12.9. The van der Waals surface area contributed by atoms with Crippen LogP contribution in [0.15, 0.2) is 30.3 Å². The number of likely N-dealkylation sites (N-methyl/N-ethyl adjacent to an activating group) is 1. The first-order chi connectivity index (χ1) is 16.3. The molecule has 0 saturated heterocycles. The zero-order chi connectivity index (χ0) is 26.1. The van der Waals surface area contributed by atoms with Crippen molar-refractivity contribution in [3.8, 4) is 11.1 Å². The van der Waals surface area contributed by atoms with Crippen molar-refractivity contribution in [2.45, 2.75) is 53.2 Å². The fraction of sp³-hybridized carbons (Fsp3) is 0.464. The number of halogens is 1. The number of aliphatic hydroxyl groups is 1. The summed E-state index contributed by atoms with van der Waals surface area (Å²) in [6.07, 6.45) is -0.100. The van der Waals surface area contributed by atoms with Gasteiger partial charge in [0.2, 0.25) is 0 Å². The number of hydrogen-bond acceptors (Lipinski definition) is 4. The number of rotatable bonds is 6. The predicted molar refractivity (Wildman–Crippen MR) is 146 cm³/mol. The van der Waals surface area contributed by atoms with Crippen LogP contribution >= 0.6 is 11.6 Å². The Bertz CT molecular complexity index is 1200. The van der Waals surface area contributed by atoms with Crippen molar-refractivity contribution >= 4 is 34.2 Å². The van der Waals surface area contributed by atoms with E-state index in [2.05, 4.69) is 72.6 Å². The van der Waals surface area contributed by atoms with Crippen LogP contribution in [-0.2, 0) is 17.8 Å². The SMILES string of the molecule is CC(C)(C)O.Cc1ccc(-c2c(CC(=O)O)c(Cl)c3c4c2cc(C)n4CCN3CCN(C)C)cc1. The normalized spacial score (nSPS) is 13.3. The molecule has 1 aliphatic heterocycles. The second kappa shape index (κ2) is 10.6. The molecule has 0 fully saturated rings. The van der Waals surface area contributed by atoms with Crippen LogP contribution in [0, 0.1) is 13.8 Å². The zero-order valence-electron chi connectivity index (χ0n) is 21.9. The first-order valence-corrected chi connectivity index (χ1v) is 12.4. The summed E-state index contributed by atoms with van der Waals surface area (Å²) in [5.41, 5.74) is 6.58. The van der Waals surface area contributed by atoms with E-state index in [1.807, 2.05) is 0 Å². The lowest BCUT2D eigenvalue weighted by molar-refractivity contribution is -0.136. The zero-order valence-corrected chi connectivity index (χ0v) is 22.7. The van der Waals surface area contributed by atoms with Gasteiger partial charge in [-0.1, -0.05) is 41.4 Å². The summed E-state index contributed by atoms with van der Waals surface area (Å²) >= 11 is 7.01. The largest absolute Gasteiger partial charge is 0.481 e. The minimum Gasteiger partial charge on any atom is -0.481 e. The topological polar surface area (TPSA) is 68.9 Å². The lowest BCUT2D eigenvalue weighted by atomic mass is 9.92. The van der Waals surface area contributed by atoms with Gasteiger partial charge in [-0.25, -0.2) is 0 Å². The Balaban J connectivity index is 0.000000623. The number of aliphatic carboxylic acids is 1. The standard InChI is InChI=1S/C24H28ClN3O2.C4H10O/c1-15-5-7-17(8-6-15)21-18(14-20(29)30)22(25)24-23-19(21)13-16(2)28(23)12-11-27(24)10-9-26(3)4;1-4(2,3)5/h5-8,13H,9-12,14H2,1-4H3,(H,29,30);5H,1-3H3. The molecule has 7 heteroatoms. The number of aromatic nitrogens is 1. The Hall–Kier alpha value is -2.54. The predicted octanol–water partition coefficient (Wildman–Crippen LogP) is 5.36. The third-order valence-corrected chi connectivity index (χ3v) is 6.37. The number of carbonyl (C=O) groups is 1. The molecule has 0 amide bonds. The molecule has 6 nitrogen and oxygen atoms in total. The van der Waals surface area contributed by atoms with Gasteiger partial charge in [0.1, 0.15) is 0 Å². The quantitative estimate of drug-likeness (QED) is 0.477. The third kappa shape index (κ3) is 6.37. The molecule has 2 aromatic carbocycles. The highest BCUT2D eigenvalue weighted by molar-refractivity contribution is 6.37. The van der Waals surface area contributed by atoms with Gasteiger partial charge in [-0.15, -0.1) is 0 Å². The summed E-state index contributed by atoms with van der Waals surface area (Å²) < 4.78 is 2.32. The molecule has 1 aliphatic rings. The molecule has 0 aliphatic carbocycles. The van der Waals surface area contributed by atoms with Crippen molar-refractivity contribution in [3.63, 3.8) is 0 Å². The average molecular weight is 500 g/mol. The summed E-state index contributed by atoms with van der Waals surface area (Å²) in [4.78, 5) is 16.3. The highest BCUT2D eigenvalue weighted by Gasteiger charge is 2.29. The molecule has 190 valence electrons. The van der Waals surface area contributed by atoms with E-state index in [1.54, 1.807) is 20.8 Å². The second-order valence-electron chi connectivity index (χ2n) is 10.6. The van der Waals surface area contributed by atoms with Gasteiger partial charge in [-0.2, -0.15) is 0 Å². The average Bonchev–Trinajstić information content (AvgIpc) is 3.06. The van der Waals surface area contributed by atoms with Crippen LogP contribution in [0.5, 0.6) is 0 Å². The Morgan fingerprint density at radius 3 is 2.26 bits per heavy atom. The molecule has 1 aromatic heterocycles. The van der Waals surface area contributed by atoms with E-state index in [0.717, 1.165) is 53.9 Å². The van der Waals surface area contributed by atoms with Gasteiger partial charge in [-0.05, 0) is 71.5 Å². The molecular formula is C28H38ClN3O3. The molecule has 0 atom stereocenters. The first-order valence-electron chi connectivity index (χ1n) is 12.0. The number of hydrogen-bond donors (Lipinski definition) is 2. The van der Waals surface area contributed by atoms with E-state index in [0.29, 0.717) is 10.6 Å². The van der Waals surface area contributed by atoms with Gasteiger partial charge in [0.25, 0.3) is 0 Å². The second-order valence-corrected chi connectivity index (χ2v) is 11.0. The minimum absolute atomic E-state index is 0.100. The van der Waals surface area contributed by atoms with Gasteiger partial charge in [-0.3, -0.25) is 4.79 Å². The number of anilines is 1. The highest BCUT2D eigenvalue weighted by atomic mass is 35.5. The summed E-state index contributed by atoms with van der Waals surface area (Å²) in [5, 5.41) is 19.8. The minimum atomic E-state index is -0.872. The molecule has 0 unspecified atom stereocenters. The van der Waals surface area contributed by atoms with Crippen molar-refractivity contribution < 1.29 is 15.0 Å². The van der Waals surface area contributed by atoms with E-state index >= 15 is 0 Å². The van der Waals surface area contributed by atoms with Gasteiger partial charge < -0.3 is 24.6 Å². The van der Waals surface area contributed by atoms with E-state index in [-0.39, 0.29) is 6.42 Å². The van der Waals surface area contributed by atoms with Gasteiger partial charge in [0, 0.05) is 37.3 Å². The van der Waals surface area contributed by atoms with Gasteiger partial charge in [0.05, 0.1) is 28.2 Å². The summed E-state index contributed by atoms with van der Waals surface area (Å²) in [5.74, 6) is -0.872. The van der Waals surface area contributed by atoms with Crippen molar-refractivity contribution in [1.82, 2.24) is 9.47 Å². The number of nitrogens with zero attached hydrogens (tertiary/aromatic N) is 3. The highest BCUT2D eigenvalue weighted by Crippen LogP contribution is 2.47. The van der Waals surface area contributed by atoms with Crippen molar-refractivity contribution in [2.24, 2.45) is 0 Å². The Morgan fingerprint density at radius 1 is 1.11 bits per heavy atom. The summed E-state index contributed by atoms with van der Waals surface area (Å²) in [7, 11) is 4.12. The third-order valence-electron chi connectivity index (χ3n) is 5.97. The maximum absolute atomic E-state index is 11.8. The van der Waals surface area contributed by atoms with Crippen LogP contribution in [0.2, 0.25) is 5.02 Å². The molecule has 0 spiro atoms. The number of carboxylic acid groups (broad SMARTS) is 1. The fourth-order valence-electron chi connectivity index (χ4n) is 4.46. The Kier molecular flexibility index (Phi) is 8.20. The van der Waals surface area contributed by atoms with E-state index in [9.17, 15) is 9.90 Å². The molecular weight excluding hydrogens is 462 g/mol. The van der Waals surface area contributed by atoms with Crippen LogP contribution in [0.3, 0.4) is 0 Å². The number of carboxylic acids is 1. The molecule has 3 aromatic rings. The number of aryl methyl sites for hydroxylation is 2. The monoisotopic (exact) mass is 499 g/mol. The van der Waals surface area contributed by atoms with Crippen molar-refractivity contribution in [2.75, 3.05) is 38.6 Å². The first kappa shape index (κ1) is 27.1. The molecule has 2 N–H and O–H groups in total. The van der Waals surface area contributed by atoms with Crippen LogP contribution in [0.4, 0.5) is 5.69 Å². The van der Waals surface area contributed by atoms with Crippen LogP contribution in [0.25, 0.3) is 22.0 Å². The van der Waals surface area contributed by atoms with Crippen molar-refractivity contribution in [1.29, 1.82) is 0 Å². The Labute approximate surface area is 213 Å². The van der Waals surface area contributed by atoms with Crippen molar-refractivity contribution in [3.05, 3.63) is 52.2 Å². The lowest BCUT2D eigenvalue weighted by Crippen LogP contribution is -2.37. The van der Waals surface area contributed by atoms with Crippen LogP contribution < -0.4 is 4.90 Å². The van der Waals surface area contributed by atoms with E-state index in [1.165, 1.54) is 11.3 Å². The maximum Gasteiger partial charge on any atom is 0.307 e. The summed E-state index contributed by atoms with van der Waals surface area (Å²) in [6, 6.07) is 10.4. The smallest absolute Gasteiger partial charge is 0.307 e. The molecule has 2 heterocycles. The molecule has 35 heavy (non-hydrogen) atoms. The molecule has 0 bridgehead atoms. The van der Waals surface area contributed by atoms with Gasteiger partial charge >= 0.3 is 5.97 Å². The van der Waals surface area contributed by atoms with Crippen LogP contribution in [-0.4, -0.2) is 65.0 Å². The van der Waals surface area contributed by atoms with Gasteiger partial charge in [0.15, 0.2) is 0 Å². The maximum atomic E-state index is 11.8. The lowest BCUT2D eigenvalue weighted by Gasteiger charge is -2.34. The number of benzene rings is 2. The molecule has 4 rings (SSSR count).